The quantitative estimate of drug-likeness (QED) is 0.850. The van der Waals surface area contributed by atoms with E-state index < -0.39 is 0 Å². The smallest absolute Gasteiger partial charge is 0.225 e. The summed E-state index contributed by atoms with van der Waals surface area (Å²) in [6.07, 6.45) is 1.59. The van der Waals surface area contributed by atoms with E-state index in [0.29, 0.717) is 13.2 Å². The lowest BCUT2D eigenvalue weighted by molar-refractivity contribution is -0.130. The van der Waals surface area contributed by atoms with Crippen molar-refractivity contribution in [2.24, 2.45) is 0 Å². The maximum atomic E-state index is 11.5. The summed E-state index contributed by atoms with van der Waals surface area (Å²) in [5.41, 5.74) is 2.35. The molecule has 0 bridgehead atoms. The van der Waals surface area contributed by atoms with Crippen LogP contribution in [0.5, 0.6) is 5.75 Å². The van der Waals surface area contributed by atoms with Gasteiger partial charge in [0.05, 0.1) is 0 Å². The fourth-order valence-corrected chi connectivity index (χ4v) is 2.37. The van der Waals surface area contributed by atoms with Crippen LogP contribution in [0.4, 0.5) is 0 Å². The van der Waals surface area contributed by atoms with Crippen LogP contribution in [0.15, 0.2) is 54.6 Å². The molecule has 1 aliphatic rings. The zero-order chi connectivity index (χ0) is 13.8. The minimum atomic E-state index is 0.186. The van der Waals surface area contributed by atoms with Crippen LogP contribution in [0.25, 0.3) is 11.1 Å². The van der Waals surface area contributed by atoms with Crippen molar-refractivity contribution >= 4 is 5.91 Å². The van der Waals surface area contributed by atoms with Crippen molar-refractivity contribution in [2.45, 2.75) is 12.8 Å². The maximum absolute atomic E-state index is 11.5. The van der Waals surface area contributed by atoms with E-state index in [-0.39, 0.29) is 5.91 Å². The van der Waals surface area contributed by atoms with Crippen molar-refractivity contribution in [3.8, 4) is 16.9 Å². The van der Waals surface area contributed by atoms with Gasteiger partial charge in [0.15, 0.2) is 6.73 Å². The highest BCUT2D eigenvalue weighted by atomic mass is 16.5. The summed E-state index contributed by atoms with van der Waals surface area (Å²) in [4.78, 5) is 13.2. The van der Waals surface area contributed by atoms with Crippen molar-refractivity contribution in [2.75, 3.05) is 13.3 Å². The predicted octanol–water partition coefficient (Wildman–Crippen LogP) is 3.31. The van der Waals surface area contributed by atoms with Crippen LogP contribution in [-0.4, -0.2) is 24.1 Å². The van der Waals surface area contributed by atoms with Crippen LogP contribution in [0, 0.1) is 0 Å². The Morgan fingerprint density at radius 2 is 1.65 bits per heavy atom. The van der Waals surface area contributed by atoms with Gasteiger partial charge in [-0.15, -0.1) is 0 Å². The molecule has 2 aromatic carbocycles. The van der Waals surface area contributed by atoms with Gasteiger partial charge in [-0.3, -0.25) is 4.79 Å². The lowest BCUT2D eigenvalue weighted by atomic mass is 10.1. The molecule has 20 heavy (non-hydrogen) atoms. The molecule has 0 aromatic heterocycles. The summed E-state index contributed by atoms with van der Waals surface area (Å²) in [5.74, 6) is 0.982. The highest BCUT2D eigenvalue weighted by Gasteiger charge is 2.19. The number of amides is 1. The van der Waals surface area contributed by atoms with Crippen LogP contribution < -0.4 is 4.74 Å². The number of rotatable bonds is 4. The zero-order valence-electron chi connectivity index (χ0n) is 11.3. The molecule has 0 spiro atoms. The van der Waals surface area contributed by atoms with Gasteiger partial charge in [-0.05, 0) is 29.7 Å². The number of hydrogen-bond acceptors (Lipinski definition) is 2. The average molecular weight is 267 g/mol. The Hall–Kier alpha value is -2.29. The molecule has 1 aliphatic heterocycles. The first-order chi connectivity index (χ1) is 9.83. The predicted molar refractivity (Wildman–Crippen MR) is 78.3 cm³/mol. The van der Waals surface area contributed by atoms with E-state index in [1.165, 1.54) is 5.56 Å². The minimum absolute atomic E-state index is 0.186. The molecule has 2 aromatic rings. The molecular formula is C17H17NO2. The van der Waals surface area contributed by atoms with E-state index in [4.69, 9.17) is 4.74 Å². The van der Waals surface area contributed by atoms with Gasteiger partial charge < -0.3 is 9.64 Å². The van der Waals surface area contributed by atoms with Gasteiger partial charge in [0.25, 0.3) is 0 Å². The molecule has 1 fully saturated rings. The minimum Gasteiger partial charge on any atom is -0.473 e. The number of carbonyl (C=O) groups is 1. The summed E-state index contributed by atoms with van der Waals surface area (Å²) in [6, 6.07) is 18.2. The van der Waals surface area contributed by atoms with E-state index in [1.807, 2.05) is 42.5 Å². The number of nitrogens with zero attached hydrogens (tertiary/aromatic N) is 1. The molecule has 0 aliphatic carbocycles. The van der Waals surface area contributed by atoms with Crippen LogP contribution in [0.3, 0.4) is 0 Å². The SMILES string of the molecule is O=C1CCCN1COc1ccc(-c2ccccc2)cc1. The standard InChI is InChI=1S/C17H17NO2/c19-17-7-4-12-18(17)13-20-16-10-8-15(9-11-16)14-5-2-1-3-6-14/h1-3,5-6,8-11H,4,7,12-13H2. The van der Waals surface area contributed by atoms with Gasteiger partial charge in [-0.2, -0.15) is 0 Å². The lowest BCUT2D eigenvalue weighted by Gasteiger charge is -2.16. The average Bonchev–Trinajstić information content (AvgIpc) is 2.92. The number of carbonyl (C=O) groups excluding carboxylic acids is 1. The molecule has 1 amide bonds. The number of benzene rings is 2. The summed E-state index contributed by atoms with van der Waals surface area (Å²) < 4.78 is 5.66. The van der Waals surface area contributed by atoms with Crippen molar-refractivity contribution in [3.63, 3.8) is 0 Å². The molecular weight excluding hydrogens is 250 g/mol. The van der Waals surface area contributed by atoms with Crippen molar-refractivity contribution in [1.82, 2.24) is 4.90 Å². The van der Waals surface area contributed by atoms with Crippen LogP contribution >= 0.6 is 0 Å². The lowest BCUT2D eigenvalue weighted by Crippen LogP contribution is -2.28. The molecule has 0 N–H and O–H groups in total. The number of hydrogen-bond donors (Lipinski definition) is 0. The Kier molecular flexibility index (Phi) is 3.68. The second-order valence-electron chi connectivity index (χ2n) is 4.92. The van der Waals surface area contributed by atoms with Gasteiger partial charge in [0, 0.05) is 13.0 Å². The highest BCUT2D eigenvalue weighted by molar-refractivity contribution is 5.77. The Bertz CT molecular complexity index is 578. The Balaban J connectivity index is 1.63. The third kappa shape index (κ3) is 2.82. The third-order valence-electron chi connectivity index (χ3n) is 3.52. The molecule has 0 unspecified atom stereocenters. The Labute approximate surface area is 118 Å². The van der Waals surface area contributed by atoms with Crippen molar-refractivity contribution in [1.29, 1.82) is 0 Å². The molecule has 1 heterocycles. The maximum Gasteiger partial charge on any atom is 0.225 e. The fourth-order valence-electron chi connectivity index (χ4n) is 2.37. The molecule has 3 rings (SSSR count). The van der Waals surface area contributed by atoms with Crippen LogP contribution in [0.1, 0.15) is 12.8 Å². The molecule has 0 saturated carbocycles. The summed E-state index contributed by atoms with van der Waals surface area (Å²) in [6.45, 7) is 1.16. The molecule has 0 atom stereocenters. The Morgan fingerprint density at radius 1 is 0.950 bits per heavy atom. The van der Waals surface area contributed by atoms with E-state index >= 15 is 0 Å². The topological polar surface area (TPSA) is 29.5 Å². The van der Waals surface area contributed by atoms with Gasteiger partial charge in [-0.25, -0.2) is 0 Å². The number of ether oxygens (including phenoxy) is 1. The molecule has 1 saturated heterocycles. The van der Waals surface area contributed by atoms with E-state index in [1.54, 1.807) is 4.90 Å². The summed E-state index contributed by atoms with van der Waals surface area (Å²) >= 11 is 0. The summed E-state index contributed by atoms with van der Waals surface area (Å²) in [7, 11) is 0. The normalized spacial score (nSPS) is 14.6. The first-order valence-electron chi connectivity index (χ1n) is 6.89. The van der Waals surface area contributed by atoms with E-state index in [2.05, 4.69) is 12.1 Å². The van der Waals surface area contributed by atoms with Crippen LogP contribution in [-0.2, 0) is 4.79 Å². The van der Waals surface area contributed by atoms with Gasteiger partial charge in [0.2, 0.25) is 5.91 Å². The molecule has 3 heteroatoms. The number of likely N-dealkylation sites (tertiary alicyclic amines) is 1. The zero-order valence-corrected chi connectivity index (χ0v) is 11.3. The van der Waals surface area contributed by atoms with Crippen LogP contribution in [0.2, 0.25) is 0 Å². The third-order valence-corrected chi connectivity index (χ3v) is 3.52. The van der Waals surface area contributed by atoms with Gasteiger partial charge in [0.1, 0.15) is 5.75 Å². The van der Waals surface area contributed by atoms with E-state index in [0.717, 1.165) is 24.3 Å². The highest BCUT2D eigenvalue weighted by Crippen LogP contribution is 2.22. The van der Waals surface area contributed by atoms with Gasteiger partial charge >= 0.3 is 0 Å². The molecule has 3 nitrogen and oxygen atoms in total. The second-order valence-corrected chi connectivity index (χ2v) is 4.92. The largest absolute Gasteiger partial charge is 0.473 e. The molecule has 0 radical (unpaired) electrons. The van der Waals surface area contributed by atoms with Crippen molar-refractivity contribution < 1.29 is 9.53 Å². The summed E-state index contributed by atoms with van der Waals surface area (Å²) in [5, 5.41) is 0. The Morgan fingerprint density at radius 3 is 2.30 bits per heavy atom. The first-order valence-corrected chi connectivity index (χ1v) is 6.89. The van der Waals surface area contributed by atoms with E-state index in [9.17, 15) is 4.79 Å². The first kappa shape index (κ1) is 12.7. The van der Waals surface area contributed by atoms with Gasteiger partial charge in [-0.1, -0.05) is 42.5 Å². The fraction of sp³-hybridized carbons (Fsp3) is 0.235. The second kappa shape index (κ2) is 5.78. The van der Waals surface area contributed by atoms with Crippen molar-refractivity contribution in [3.05, 3.63) is 54.6 Å². The monoisotopic (exact) mass is 267 g/mol. The molecule has 102 valence electrons.